The van der Waals surface area contributed by atoms with Crippen LogP contribution in [0.25, 0.3) is 0 Å². The highest BCUT2D eigenvalue weighted by atomic mass is 32.2. The van der Waals surface area contributed by atoms with Crippen LogP contribution in [0.5, 0.6) is 0 Å². The molecule has 0 aliphatic carbocycles. The van der Waals surface area contributed by atoms with E-state index in [0.717, 1.165) is 11.8 Å². The van der Waals surface area contributed by atoms with E-state index in [4.69, 9.17) is 5.11 Å². The molecule has 1 heterocycles. The van der Waals surface area contributed by atoms with Crippen molar-refractivity contribution in [1.29, 1.82) is 0 Å². The average Bonchev–Trinajstić information content (AvgIpc) is 2.13. The molecule has 1 rings (SSSR count). The van der Waals surface area contributed by atoms with E-state index in [-0.39, 0.29) is 23.0 Å². The van der Waals surface area contributed by atoms with Crippen LogP contribution in [0, 0.1) is 0 Å². The van der Waals surface area contributed by atoms with E-state index in [1.165, 1.54) is 0 Å². The van der Waals surface area contributed by atoms with Crippen LogP contribution in [0.15, 0.2) is 0 Å². The van der Waals surface area contributed by atoms with Crippen molar-refractivity contribution < 1.29 is 14.7 Å². The summed E-state index contributed by atoms with van der Waals surface area (Å²) in [6, 6.07) is 0. The molecule has 0 spiro atoms. The van der Waals surface area contributed by atoms with Gasteiger partial charge in [0, 0.05) is 6.61 Å². The van der Waals surface area contributed by atoms with Crippen LogP contribution < -0.4 is 5.32 Å². The fourth-order valence-corrected chi connectivity index (χ4v) is 1.51. The molecule has 0 aromatic rings. The molecule has 0 radical (unpaired) electrons. The number of hydrogen-bond donors (Lipinski definition) is 2. The summed E-state index contributed by atoms with van der Waals surface area (Å²) >= 11 is 0.939. The second-order valence-electron chi connectivity index (χ2n) is 1.90. The lowest BCUT2D eigenvalue weighted by molar-refractivity contribution is -0.119. The minimum atomic E-state index is -0.377. The van der Waals surface area contributed by atoms with E-state index in [1.54, 1.807) is 0 Å². The van der Waals surface area contributed by atoms with Gasteiger partial charge >= 0.3 is 0 Å². The van der Waals surface area contributed by atoms with Crippen LogP contribution in [-0.2, 0) is 4.79 Å². The molecular formula is C5H7NO3S. The number of aliphatic hydroxyl groups is 1. The highest BCUT2D eigenvalue weighted by Crippen LogP contribution is 2.20. The largest absolute Gasteiger partial charge is 0.396 e. The summed E-state index contributed by atoms with van der Waals surface area (Å²) in [6.07, 6.45) is 0.349. The van der Waals surface area contributed by atoms with Gasteiger partial charge in [-0.05, 0) is 6.42 Å². The lowest BCUT2D eigenvalue weighted by Gasteiger charge is -1.98. The van der Waals surface area contributed by atoms with Crippen molar-refractivity contribution in [2.24, 2.45) is 0 Å². The molecule has 1 fully saturated rings. The zero-order chi connectivity index (χ0) is 7.56. The molecule has 10 heavy (non-hydrogen) atoms. The van der Waals surface area contributed by atoms with E-state index < -0.39 is 0 Å². The van der Waals surface area contributed by atoms with Crippen molar-refractivity contribution in [2.75, 3.05) is 6.61 Å². The van der Waals surface area contributed by atoms with Crippen LogP contribution in [0.2, 0.25) is 0 Å². The number of imide groups is 1. The lowest BCUT2D eigenvalue weighted by atomic mass is 10.3. The zero-order valence-electron chi connectivity index (χ0n) is 5.16. The quantitative estimate of drug-likeness (QED) is 0.584. The molecule has 5 heteroatoms. The molecule has 1 saturated heterocycles. The van der Waals surface area contributed by atoms with Gasteiger partial charge < -0.3 is 5.11 Å². The standard InChI is InChI=1S/C5H7NO3S/c7-2-1-3-4(8)6-5(9)10-3/h3,7H,1-2H2,(H,6,8,9). The zero-order valence-corrected chi connectivity index (χ0v) is 5.98. The third kappa shape index (κ3) is 1.48. The molecule has 2 N–H and O–H groups in total. The minimum Gasteiger partial charge on any atom is -0.396 e. The summed E-state index contributed by atoms with van der Waals surface area (Å²) in [6.45, 7) is -0.0572. The topological polar surface area (TPSA) is 66.4 Å². The first-order chi connectivity index (χ1) is 4.74. The first kappa shape index (κ1) is 7.56. The molecule has 1 atom stereocenters. The molecule has 56 valence electrons. The smallest absolute Gasteiger partial charge is 0.286 e. The molecule has 1 aliphatic rings. The van der Waals surface area contributed by atoms with E-state index in [9.17, 15) is 9.59 Å². The van der Waals surface area contributed by atoms with Gasteiger partial charge in [-0.3, -0.25) is 14.9 Å². The van der Waals surface area contributed by atoms with Gasteiger partial charge in [0.15, 0.2) is 0 Å². The fraction of sp³-hybridized carbons (Fsp3) is 0.600. The molecule has 4 nitrogen and oxygen atoms in total. The molecule has 0 bridgehead atoms. The van der Waals surface area contributed by atoms with Gasteiger partial charge in [-0.2, -0.15) is 0 Å². The van der Waals surface area contributed by atoms with E-state index >= 15 is 0 Å². The van der Waals surface area contributed by atoms with Gasteiger partial charge in [-0.25, -0.2) is 0 Å². The molecule has 0 aromatic heterocycles. The highest BCUT2D eigenvalue weighted by Gasteiger charge is 2.30. The molecule has 0 saturated carbocycles. The van der Waals surface area contributed by atoms with Crippen molar-refractivity contribution >= 4 is 22.9 Å². The van der Waals surface area contributed by atoms with E-state index in [2.05, 4.69) is 5.32 Å². The van der Waals surface area contributed by atoms with Crippen molar-refractivity contribution in [3.05, 3.63) is 0 Å². The summed E-state index contributed by atoms with van der Waals surface area (Å²) in [5, 5.41) is 9.86. The van der Waals surface area contributed by atoms with Crippen molar-refractivity contribution in [1.82, 2.24) is 5.32 Å². The van der Waals surface area contributed by atoms with Crippen molar-refractivity contribution in [3.63, 3.8) is 0 Å². The maximum absolute atomic E-state index is 10.7. The Labute approximate surface area is 62.0 Å². The third-order valence-electron chi connectivity index (χ3n) is 1.16. The number of nitrogens with one attached hydrogen (secondary N) is 1. The average molecular weight is 161 g/mol. The fourth-order valence-electron chi connectivity index (χ4n) is 0.701. The van der Waals surface area contributed by atoms with Gasteiger partial charge in [0.25, 0.3) is 5.24 Å². The predicted octanol–water partition coefficient (Wildman–Crippen LogP) is -0.280. The summed E-state index contributed by atoms with van der Waals surface area (Å²) in [7, 11) is 0. The van der Waals surface area contributed by atoms with E-state index in [1.807, 2.05) is 0 Å². The summed E-state index contributed by atoms with van der Waals surface area (Å²) < 4.78 is 0. The van der Waals surface area contributed by atoms with Crippen LogP contribution >= 0.6 is 11.8 Å². The first-order valence-corrected chi connectivity index (χ1v) is 3.74. The lowest BCUT2D eigenvalue weighted by Crippen LogP contribution is -2.24. The highest BCUT2D eigenvalue weighted by molar-refractivity contribution is 8.15. The maximum Gasteiger partial charge on any atom is 0.286 e. The summed E-state index contributed by atoms with van der Waals surface area (Å²) in [4.78, 5) is 21.2. The van der Waals surface area contributed by atoms with E-state index in [0.29, 0.717) is 6.42 Å². The number of thioether (sulfide) groups is 1. The molecule has 2 amide bonds. The number of amides is 2. The number of hydrogen-bond acceptors (Lipinski definition) is 4. The summed E-state index contributed by atoms with van der Waals surface area (Å²) in [5.41, 5.74) is 0. The van der Waals surface area contributed by atoms with Crippen LogP contribution in [0.1, 0.15) is 6.42 Å². The normalized spacial score (nSPS) is 25.1. The second kappa shape index (κ2) is 3.03. The van der Waals surface area contributed by atoms with Gasteiger partial charge in [-0.15, -0.1) is 0 Å². The minimum absolute atomic E-state index is 0.0572. The first-order valence-electron chi connectivity index (χ1n) is 2.86. The maximum atomic E-state index is 10.7. The Morgan fingerprint density at radius 1 is 1.60 bits per heavy atom. The Morgan fingerprint density at radius 2 is 2.30 bits per heavy atom. The molecule has 1 aliphatic heterocycles. The Morgan fingerprint density at radius 3 is 2.70 bits per heavy atom. The predicted molar refractivity (Wildman–Crippen MR) is 36.6 cm³/mol. The van der Waals surface area contributed by atoms with Crippen molar-refractivity contribution in [3.8, 4) is 0 Å². The monoisotopic (exact) mass is 161 g/mol. The molecule has 1 unspecified atom stereocenters. The second-order valence-corrected chi connectivity index (χ2v) is 3.07. The Balaban J connectivity index is 2.46. The molecular weight excluding hydrogens is 154 g/mol. The number of carbonyl (C=O) groups excluding carboxylic acids is 2. The Bertz CT molecular complexity index is 170. The Kier molecular flexibility index (Phi) is 2.29. The number of rotatable bonds is 2. The van der Waals surface area contributed by atoms with Crippen LogP contribution in [0.3, 0.4) is 0 Å². The Hall–Kier alpha value is -0.550. The third-order valence-corrected chi connectivity index (χ3v) is 2.21. The number of carbonyl (C=O) groups is 2. The van der Waals surface area contributed by atoms with Crippen LogP contribution in [0.4, 0.5) is 4.79 Å². The van der Waals surface area contributed by atoms with Crippen molar-refractivity contribution in [2.45, 2.75) is 11.7 Å². The van der Waals surface area contributed by atoms with Gasteiger partial charge in [0.2, 0.25) is 5.91 Å². The van der Waals surface area contributed by atoms with Gasteiger partial charge in [-0.1, -0.05) is 11.8 Å². The number of aliphatic hydroxyl groups excluding tert-OH is 1. The SMILES string of the molecule is O=C1NC(=O)C(CCO)S1. The summed E-state index contributed by atoms with van der Waals surface area (Å²) in [5.74, 6) is -0.288. The van der Waals surface area contributed by atoms with Gasteiger partial charge in [0.1, 0.15) is 0 Å². The van der Waals surface area contributed by atoms with Crippen LogP contribution in [-0.4, -0.2) is 28.1 Å². The van der Waals surface area contributed by atoms with Gasteiger partial charge in [0.05, 0.1) is 5.25 Å². The molecule has 0 aromatic carbocycles.